The van der Waals surface area contributed by atoms with Gasteiger partial charge in [-0.2, -0.15) is 0 Å². The highest BCUT2D eigenvalue weighted by Crippen LogP contribution is 1.90. The third-order valence-corrected chi connectivity index (χ3v) is 1.61. The van der Waals surface area contributed by atoms with Crippen LogP contribution in [0.5, 0.6) is 0 Å². The lowest BCUT2D eigenvalue weighted by Gasteiger charge is -1.93. The summed E-state index contributed by atoms with van der Waals surface area (Å²) in [5.74, 6) is 0. The molecule has 1 heterocycles. The highest BCUT2D eigenvalue weighted by atomic mass is 79.9. The van der Waals surface area contributed by atoms with E-state index in [-0.39, 0.29) is 0 Å². The van der Waals surface area contributed by atoms with Gasteiger partial charge in [0.2, 0.25) is 0 Å². The molecule has 1 rings (SSSR count). The molecule has 0 aromatic carbocycles. The molecular formula is C8H10BrN. The second-order valence-electron chi connectivity index (χ2n) is 2.01. The maximum atomic E-state index is 3.32. The number of hydrogen-bond acceptors (Lipinski definition) is 0. The van der Waals surface area contributed by atoms with Crippen molar-refractivity contribution in [1.29, 1.82) is 0 Å². The molecule has 0 N–H and O–H groups in total. The van der Waals surface area contributed by atoms with Crippen molar-refractivity contribution in [3.63, 3.8) is 0 Å². The Morgan fingerprint density at radius 1 is 1.20 bits per heavy atom. The lowest BCUT2D eigenvalue weighted by molar-refractivity contribution is 0.829. The summed E-state index contributed by atoms with van der Waals surface area (Å²) in [5, 5.41) is 0.939. The van der Waals surface area contributed by atoms with Crippen LogP contribution in [0.15, 0.2) is 36.7 Å². The summed E-state index contributed by atoms with van der Waals surface area (Å²) >= 11 is 3.32. The van der Waals surface area contributed by atoms with E-state index in [1.54, 1.807) is 0 Å². The minimum Gasteiger partial charge on any atom is -0.351 e. The number of aromatic nitrogens is 1. The fraction of sp³-hybridized carbons (Fsp3) is 0.250. The first-order chi connectivity index (χ1) is 4.93. The number of allylic oxidation sites excluding steroid dienone is 2. The maximum absolute atomic E-state index is 3.32. The zero-order valence-electron chi connectivity index (χ0n) is 5.70. The quantitative estimate of drug-likeness (QED) is 0.521. The van der Waals surface area contributed by atoms with E-state index >= 15 is 0 Å². The first-order valence-electron chi connectivity index (χ1n) is 3.25. The van der Waals surface area contributed by atoms with Crippen molar-refractivity contribution >= 4 is 15.9 Å². The van der Waals surface area contributed by atoms with Crippen molar-refractivity contribution in [3.8, 4) is 0 Å². The standard InChI is InChI=1S/C8H10BrN/c9-5-1-2-6-10-7-3-4-8-10/h1-4,7-8H,5-6H2. The molecule has 1 aromatic rings. The lowest BCUT2D eigenvalue weighted by Crippen LogP contribution is -1.88. The fourth-order valence-corrected chi connectivity index (χ4v) is 1.02. The Bertz CT molecular complexity index is 189. The summed E-state index contributed by atoms with van der Waals surface area (Å²) in [6, 6.07) is 4.06. The average Bonchev–Trinajstić information content (AvgIpc) is 2.41. The van der Waals surface area contributed by atoms with Crippen molar-refractivity contribution in [2.75, 3.05) is 5.33 Å². The van der Waals surface area contributed by atoms with Crippen LogP contribution in [0.3, 0.4) is 0 Å². The topological polar surface area (TPSA) is 4.93 Å². The molecular weight excluding hydrogens is 190 g/mol. The molecule has 0 saturated heterocycles. The van der Waals surface area contributed by atoms with Crippen LogP contribution < -0.4 is 0 Å². The SMILES string of the molecule is BrCC=CCn1cccc1. The summed E-state index contributed by atoms with van der Waals surface area (Å²) in [6.07, 6.45) is 8.34. The van der Waals surface area contributed by atoms with Gasteiger partial charge in [0.05, 0.1) is 0 Å². The first kappa shape index (κ1) is 7.61. The lowest BCUT2D eigenvalue weighted by atomic mass is 10.5. The Morgan fingerprint density at radius 3 is 2.50 bits per heavy atom. The zero-order chi connectivity index (χ0) is 7.23. The van der Waals surface area contributed by atoms with Crippen molar-refractivity contribution in [1.82, 2.24) is 4.57 Å². The van der Waals surface area contributed by atoms with Crippen molar-refractivity contribution in [2.24, 2.45) is 0 Å². The Kier molecular flexibility index (Phi) is 3.30. The summed E-state index contributed by atoms with van der Waals surface area (Å²) in [6.45, 7) is 0.971. The van der Waals surface area contributed by atoms with Gasteiger partial charge in [0.25, 0.3) is 0 Å². The monoisotopic (exact) mass is 199 g/mol. The molecule has 0 radical (unpaired) electrons. The number of rotatable bonds is 3. The van der Waals surface area contributed by atoms with Crippen molar-refractivity contribution in [2.45, 2.75) is 6.54 Å². The molecule has 0 aliphatic rings. The summed E-state index contributed by atoms with van der Waals surface area (Å²) in [4.78, 5) is 0. The van der Waals surface area contributed by atoms with E-state index in [1.165, 1.54) is 0 Å². The molecule has 0 saturated carbocycles. The smallest absolute Gasteiger partial charge is 0.0400 e. The minimum absolute atomic E-state index is 0.939. The van der Waals surface area contributed by atoms with Gasteiger partial charge in [-0.3, -0.25) is 0 Å². The van der Waals surface area contributed by atoms with E-state index < -0.39 is 0 Å². The van der Waals surface area contributed by atoms with Crippen LogP contribution in [0.2, 0.25) is 0 Å². The van der Waals surface area contributed by atoms with Gasteiger partial charge in [0, 0.05) is 24.3 Å². The maximum Gasteiger partial charge on any atom is 0.0400 e. The van der Waals surface area contributed by atoms with Gasteiger partial charge >= 0.3 is 0 Å². The highest BCUT2D eigenvalue weighted by Gasteiger charge is 1.80. The molecule has 0 aliphatic carbocycles. The highest BCUT2D eigenvalue weighted by molar-refractivity contribution is 9.09. The van der Waals surface area contributed by atoms with Gasteiger partial charge in [0.15, 0.2) is 0 Å². The van der Waals surface area contributed by atoms with Crippen molar-refractivity contribution in [3.05, 3.63) is 36.7 Å². The number of nitrogens with zero attached hydrogens (tertiary/aromatic N) is 1. The molecule has 0 unspecified atom stereocenters. The molecule has 1 nitrogen and oxygen atoms in total. The average molecular weight is 200 g/mol. The van der Waals surface area contributed by atoms with E-state index in [0.717, 1.165) is 11.9 Å². The predicted molar refractivity (Wildman–Crippen MR) is 47.4 cm³/mol. The van der Waals surface area contributed by atoms with E-state index in [0.29, 0.717) is 0 Å². The summed E-state index contributed by atoms with van der Waals surface area (Å²) in [7, 11) is 0. The van der Waals surface area contributed by atoms with Crippen molar-refractivity contribution < 1.29 is 0 Å². The largest absolute Gasteiger partial charge is 0.351 e. The van der Waals surface area contributed by atoms with Gasteiger partial charge in [0.1, 0.15) is 0 Å². The van der Waals surface area contributed by atoms with E-state index in [1.807, 2.05) is 12.1 Å². The number of hydrogen-bond donors (Lipinski definition) is 0. The molecule has 0 spiro atoms. The van der Waals surface area contributed by atoms with Crippen LogP contribution in [0.1, 0.15) is 0 Å². The van der Waals surface area contributed by atoms with Crippen LogP contribution >= 0.6 is 15.9 Å². The van der Waals surface area contributed by atoms with Gasteiger partial charge in [-0.1, -0.05) is 28.1 Å². The van der Waals surface area contributed by atoms with Crippen LogP contribution in [0.4, 0.5) is 0 Å². The molecule has 0 aliphatic heterocycles. The molecule has 1 aromatic heterocycles. The number of halogens is 1. The molecule has 0 bridgehead atoms. The van der Waals surface area contributed by atoms with Gasteiger partial charge in [-0.15, -0.1) is 0 Å². The van der Waals surface area contributed by atoms with Crippen LogP contribution in [-0.2, 0) is 6.54 Å². The third-order valence-electron chi connectivity index (χ3n) is 1.24. The molecule has 0 atom stereocenters. The van der Waals surface area contributed by atoms with Crippen LogP contribution in [0, 0.1) is 0 Å². The van der Waals surface area contributed by atoms with E-state index in [4.69, 9.17) is 0 Å². The second-order valence-corrected chi connectivity index (χ2v) is 2.65. The second kappa shape index (κ2) is 4.34. The first-order valence-corrected chi connectivity index (χ1v) is 4.37. The number of alkyl halides is 1. The molecule has 2 heteroatoms. The normalized spacial score (nSPS) is 10.9. The molecule has 0 amide bonds. The Labute approximate surface area is 69.5 Å². The molecule has 0 fully saturated rings. The minimum atomic E-state index is 0.939. The fourth-order valence-electron chi connectivity index (χ4n) is 0.751. The van der Waals surface area contributed by atoms with Gasteiger partial charge in [-0.25, -0.2) is 0 Å². The van der Waals surface area contributed by atoms with Crippen LogP contribution in [-0.4, -0.2) is 9.90 Å². The Hall–Kier alpha value is -0.500. The predicted octanol–water partition coefficient (Wildman–Crippen LogP) is 2.44. The molecule has 10 heavy (non-hydrogen) atoms. The third kappa shape index (κ3) is 2.40. The Morgan fingerprint density at radius 2 is 1.90 bits per heavy atom. The van der Waals surface area contributed by atoms with E-state index in [2.05, 4.69) is 45.0 Å². The zero-order valence-corrected chi connectivity index (χ0v) is 7.29. The Balaban J connectivity index is 2.34. The van der Waals surface area contributed by atoms with E-state index in [9.17, 15) is 0 Å². The summed E-state index contributed by atoms with van der Waals surface area (Å²) < 4.78 is 2.12. The van der Waals surface area contributed by atoms with Crippen LogP contribution in [0.25, 0.3) is 0 Å². The van der Waals surface area contributed by atoms with Gasteiger partial charge in [-0.05, 0) is 12.1 Å². The summed E-state index contributed by atoms with van der Waals surface area (Å²) in [5.41, 5.74) is 0. The van der Waals surface area contributed by atoms with Gasteiger partial charge < -0.3 is 4.57 Å². The molecule has 54 valence electrons.